The number of hydrogen-bond donors (Lipinski definition) is 1. The van der Waals surface area contributed by atoms with Crippen LogP contribution in [0.1, 0.15) is 0 Å². The highest BCUT2D eigenvalue weighted by Gasteiger charge is 2.03. The predicted octanol–water partition coefficient (Wildman–Crippen LogP) is 1.75. The van der Waals surface area contributed by atoms with Crippen LogP contribution in [-0.2, 0) is 0 Å². The third-order valence-corrected chi connectivity index (χ3v) is 2.29. The topological polar surface area (TPSA) is 56.7 Å². The summed E-state index contributed by atoms with van der Waals surface area (Å²) in [4.78, 5) is 0. The van der Waals surface area contributed by atoms with E-state index in [0.29, 0.717) is 16.0 Å². The van der Waals surface area contributed by atoms with Crippen LogP contribution >= 0.6 is 15.9 Å². The molecule has 1 aromatic carbocycles. The Bertz CT molecular complexity index is 468. The van der Waals surface area contributed by atoms with E-state index in [1.165, 1.54) is 10.7 Å². The first-order chi connectivity index (χ1) is 6.66. The summed E-state index contributed by atoms with van der Waals surface area (Å²) in [6, 6.07) is 4.54. The van der Waals surface area contributed by atoms with Gasteiger partial charge in [0.1, 0.15) is 5.82 Å². The van der Waals surface area contributed by atoms with Gasteiger partial charge in [-0.25, -0.2) is 9.07 Å². The molecule has 0 fully saturated rings. The predicted molar refractivity (Wildman–Crippen MR) is 53.4 cm³/mol. The number of rotatable bonds is 1. The molecule has 0 spiro atoms. The summed E-state index contributed by atoms with van der Waals surface area (Å²) in [6.07, 6.45) is 1.56. The van der Waals surface area contributed by atoms with Gasteiger partial charge in [0.05, 0.1) is 16.4 Å². The zero-order valence-electron chi connectivity index (χ0n) is 6.98. The zero-order chi connectivity index (χ0) is 10.1. The molecule has 0 saturated carbocycles. The lowest BCUT2D eigenvalue weighted by Crippen LogP contribution is -1.95. The van der Waals surface area contributed by atoms with Crippen molar-refractivity contribution in [1.82, 2.24) is 15.0 Å². The van der Waals surface area contributed by atoms with Crippen molar-refractivity contribution in [2.24, 2.45) is 0 Å². The van der Waals surface area contributed by atoms with E-state index in [4.69, 9.17) is 5.73 Å². The van der Waals surface area contributed by atoms with Gasteiger partial charge in [-0.2, -0.15) is 0 Å². The summed E-state index contributed by atoms with van der Waals surface area (Å²) in [5.74, 6) is 0.00675. The van der Waals surface area contributed by atoms with Gasteiger partial charge in [-0.15, -0.1) is 5.10 Å². The molecule has 2 rings (SSSR count). The molecule has 0 bridgehead atoms. The number of aromatic nitrogens is 3. The first kappa shape index (κ1) is 9.14. The summed E-state index contributed by atoms with van der Waals surface area (Å²) in [7, 11) is 0. The molecule has 2 aromatic rings. The molecule has 6 heteroatoms. The Kier molecular flexibility index (Phi) is 2.20. The number of nitrogen functional groups attached to an aromatic ring is 1. The number of hydrogen-bond acceptors (Lipinski definition) is 3. The van der Waals surface area contributed by atoms with E-state index in [2.05, 4.69) is 26.2 Å². The van der Waals surface area contributed by atoms with Gasteiger partial charge in [-0.05, 0) is 34.1 Å². The molecule has 0 radical (unpaired) electrons. The Hall–Kier alpha value is -1.43. The number of benzene rings is 1. The lowest BCUT2D eigenvalue weighted by molar-refractivity contribution is 0.620. The van der Waals surface area contributed by atoms with Crippen molar-refractivity contribution in [3.63, 3.8) is 0 Å². The van der Waals surface area contributed by atoms with E-state index in [9.17, 15) is 4.39 Å². The third kappa shape index (κ3) is 1.60. The molecule has 0 aliphatic carbocycles. The SMILES string of the molecule is Nc1cn(-c2ccc(F)c(Br)c2)nn1. The summed E-state index contributed by atoms with van der Waals surface area (Å²) in [5.41, 5.74) is 6.10. The molecule has 2 N–H and O–H groups in total. The zero-order valence-corrected chi connectivity index (χ0v) is 8.57. The van der Waals surface area contributed by atoms with Gasteiger partial charge in [0, 0.05) is 0 Å². The summed E-state index contributed by atoms with van der Waals surface area (Å²) in [6.45, 7) is 0. The first-order valence-corrected chi connectivity index (χ1v) is 4.59. The maximum Gasteiger partial charge on any atom is 0.166 e. The number of halogens is 2. The fourth-order valence-corrected chi connectivity index (χ4v) is 1.40. The van der Waals surface area contributed by atoms with Crippen molar-refractivity contribution in [1.29, 1.82) is 0 Å². The Morgan fingerprint density at radius 2 is 2.21 bits per heavy atom. The van der Waals surface area contributed by atoms with Crippen LogP contribution in [0.15, 0.2) is 28.9 Å². The second-order valence-corrected chi connectivity index (χ2v) is 3.54. The van der Waals surface area contributed by atoms with E-state index in [1.807, 2.05) is 0 Å². The van der Waals surface area contributed by atoms with Crippen molar-refractivity contribution < 1.29 is 4.39 Å². The monoisotopic (exact) mass is 256 g/mol. The van der Waals surface area contributed by atoms with Gasteiger partial charge in [0.15, 0.2) is 5.82 Å². The van der Waals surface area contributed by atoms with Gasteiger partial charge in [-0.3, -0.25) is 0 Å². The van der Waals surface area contributed by atoms with Crippen LogP contribution < -0.4 is 5.73 Å². The smallest absolute Gasteiger partial charge is 0.166 e. The second-order valence-electron chi connectivity index (χ2n) is 2.69. The summed E-state index contributed by atoms with van der Waals surface area (Å²) in [5, 5.41) is 7.38. The highest BCUT2D eigenvalue weighted by atomic mass is 79.9. The van der Waals surface area contributed by atoms with Gasteiger partial charge < -0.3 is 5.73 Å². The van der Waals surface area contributed by atoms with Crippen molar-refractivity contribution in [2.45, 2.75) is 0 Å². The van der Waals surface area contributed by atoms with Crippen molar-refractivity contribution in [3.05, 3.63) is 34.7 Å². The van der Waals surface area contributed by atoms with E-state index >= 15 is 0 Å². The lowest BCUT2D eigenvalue weighted by Gasteiger charge is -2.00. The molecule has 14 heavy (non-hydrogen) atoms. The second kappa shape index (κ2) is 3.38. The molecule has 1 heterocycles. The number of nitrogens with zero attached hydrogens (tertiary/aromatic N) is 3. The minimum Gasteiger partial charge on any atom is -0.381 e. The molecule has 4 nitrogen and oxygen atoms in total. The van der Waals surface area contributed by atoms with E-state index < -0.39 is 0 Å². The fourth-order valence-electron chi connectivity index (χ4n) is 1.03. The Morgan fingerprint density at radius 1 is 1.43 bits per heavy atom. The maximum absolute atomic E-state index is 12.9. The van der Waals surface area contributed by atoms with Gasteiger partial charge in [0.2, 0.25) is 0 Å². The maximum atomic E-state index is 12.9. The molecular weight excluding hydrogens is 251 g/mol. The quantitative estimate of drug-likeness (QED) is 0.846. The summed E-state index contributed by atoms with van der Waals surface area (Å²) < 4.78 is 14.8. The average Bonchev–Trinajstić information content (AvgIpc) is 2.57. The van der Waals surface area contributed by atoms with Crippen LogP contribution in [0.25, 0.3) is 5.69 Å². The van der Waals surface area contributed by atoms with Crippen molar-refractivity contribution in [2.75, 3.05) is 5.73 Å². The van der Waals surface area contributed by atoms with E-state index in [0.717, 1.165) is 0 Å². The van der Waals surface area contributed by atoms with Gasteiger partial charge in [0.25, 0.3) is 0 Å². The normalized spacial score (nSPS) is 10.4. The third-order valence-electron chi connectivity index (χ3n) is 1.68. The van der Waals surface area contributed by atoms with Crippen molar-refractivity contribution in [3.8, 4) is 5.69 Å². The van der Waals surface area contributed by atoms with Gasteiger partial charge in [-0.1, -0.05) is 5.21 Å². The lowest BCUT2D eigenvalue weighted by atomic mass is 10.3. The van der Waals surface area contributed by atoms with E-state index in [-0.39, 0.29) is 5.82 Å². The largest absolute Gasteiger partial charge is 0.381 e. The Labute approximate surface area is 87.7 Å². The van der Waals surface area contributed by atoms with Crippen LogP contribution in [0.5, 0.6) is 0 Å². The number of anilines is 1. The Balaban J connectivity index is 2.47. The molecule has 0 aliphatic heterocycles. The Morgan fingerprint density at radius 3 is 2.79 bits per heavy atom. The van der Waals surface area contributed by atoms with Crippen LogP contribution in [0.3, 0.4) is 0 Å². The average molecular weight is 257 g/mol. The molecule has 1 aromatic heterocycles. The summed E-state index contributed by atoms with van der Waals surface area (Å²) >= 11 is 3.08. The molecule has 72 valence electrons. The minimum absolute atomic E-state index is 0.318. The van der Waals surface area contributed by atoms with Crippen LogP contribution in [-0.4, -0.2) is 15.0 Å². The van der Waals surface area contributed by atoms with Gasteiger partial charge >= 0.3 is 0 Å². The molecule has 0 amide bonds. The highest BCUT2D eigenvalue weighted by molar-refractivity contribution is 9.10. The van der Waals surface area contributed by atoms with E-state index in [1.54, 1.807) is 18.3 Å². The van der Waals surface area contributed by atoms with Crippen LogP contribution in [0, 0.1) is 5.82 Å². The minimum atomic E-state index is -0.318. The fraction of sp³-hybridized carbons (Fsp3) is 0. The molecule has 0 saturated heterocycles. The van der Waals surface area contributed by atoms with Crippen LogP contribution in [0.4, 0.5) is 10.2 Å². The molecule has 0 atom stereocenters. The highest BCUT2D eigenvalue weighted by Crippen LogP contribution is 2.19. The molecule has 0 unspecified atom stereocenters. The molecular formula is C8H6BrFN4. The van der Waals surface area contributed by atoms with Crippen LogP contribution in [0.2, 0.25) is 0 Å². The number of nitrogens with two attached hydrogens (primary N) is 1. The van der Waals surface area contributed by atoms with Crippen molar-refractivity contribution >= 4 is 21.7 Å². The first-order valence-electron chi connectivity index (χ1n) is 3.80. The molecule has 0 aliphatic rings. The standard InChI is InChI=1S/C8H6BrFN4/c9-6-3-5(1-2-7(6)10)14-4-8(11)12-13-14/h1-4H,11H2.